The van der Waals surface area contributed by atoms with Crippen molar-refractivity contribution < 1.29 is 4.85 Å². The first-order valence-electron chi connectivity index (χ1n) is 3.64. The number of rotatable bonds is 1. The average molecular weight is 177 g/mol. The summed E-state index contributed by atoms with van der Waals surface area (Å²) >= 11 is 0. The molecule has 0 aliphatic heterocycles. The molecule has 0 aliphatic carbocycles. The van der Waals surface area contributed by atoms with Crippen molar-refractivity contribution in [1.82, 2.24) is 10.1 Å². The highest BCUT2D eigenvalue weighted by molar-refractivity contribution is 5.71. The molecular formula is C7H7N5O. The van der Waals surface area contributed by atoms with Gasteiger partial charge in [0.05, 0.1) is 5.10 Å². The molecule has 1 aromatic carbocycles. The topological polar surface area (TPSA) is 90.8 Å². The van der Waals surface area contributed by atoms with Gasteiger partial charge in [-0.2, -0.15) is 0 Å². The Morgan fingerprint density at radius 3 is 2.92 bits per heavy atom. The largest absolute Gasteiger partial charge is 0.594 e. The van der Waals surface area contributed by atoms with E-state index in [0.717, 1.165) is 0 Å². The Bertz CT molecular complexity index is 444. The van der Waals surface area contributed by atoms with Crippen molar-refractivity contribution >= 4 is 17.0 Å². The number of hydrogen-bond donors (Lipinski definition) is 2. The zero-order chi connectivity index (χ0) is 9.26. The Labute approximate surface area is 73.6 Å². The van der Waals surface area contributed by atoms with Gasteiger partial charge in [0.2, 0.25) is 0 Å². The lowest BCUT2D eigenvalue weighted by Crippen LogP contribution is -2.34. The summed E-state index contributed by atoms with van der Waals surface area (Å²) in [7, 11) is 0. The van der Waals surface area contributed by atoms with Crippen molar-refractivity contribution in [3.8, 4) is 0 Å². The van der Waals surface area contributed by atoms with E-state index in [1.165, 1.54) is 0 Å². The van der Waals surface area contributed by atoms with E-state index in [1.807, 2.05) is 0 Å². The van der Waals surface area contributed by atoms with Crippen molar-refractivity contribution in [3.63, 3.8) is 0 Å². The van der Waals surface area contributed by atoms with Gasteiger partial charge in [0, 0.05) is 6.07 Å². The number of nitrogen functional groups attached to an aromatic ring is 1. The number of hydrogen-bond acceptors (Lipinski definition) is 5. The summed E-state index contributed by atoms with van der Waals surface area (Å²) in [6.07, 6.45) is 0. The third-order valence-corrected chi connectivity index (χ3v) is 1.63. The van der Waals surface area contributed by atoms with Crippen molar-refractivity contribution in [3.05, 3.63) is 29.5 Å². The molecule has 2 aromatic rings. The summed E-state index contributed by atoms with van der Waals surface area (Å²) in [6, 6.07) is 6.89. The van der Waals surface area contributed by atoms with Gasteiger partial charge in [0.25, 0.3) is 5.52 Å². The molecule has 6 nitrogen and oxygen atoms in total. The highest BCUT2D eigenvalue weighted by Crippen LogP contribution is 2.06. The Hall–Kier alpha value is -1.95. The second-order valence-corrected chi connectivity index (χ2v) is 2.44. The second kappa shape index (κ2) is 2.83. The minimum atomic E-state index is 0.105. The third kappa shape index (κ3) is 1.23. The van der Waals surface area contributed by atoms with Gasteiger partial charge in [0.15, 0.2) is 0 Å². The lowest BCUT2D eigenvalue weighted by molar-refractivity contribution is -0.641. The Morgan fingerprint density at radius 2 is 2.15 bits per heavy atom. The van der Waals surface area contributed by atoms with E-state index in [0.29, 0.717) is 15.9 Å². The Kier molecular flexibility index (Phi) is 1.67. The maximum atomic E-state index is 11.2. The molecule has 0 saturated carbocycles. The maximum Gasteiger partial charge on any atom is 0.304 e. The summed E-state index contributed by atoms with van der Waals surface area (Å²) in [4.78, 5) is 4.47. The predicted octanol–water partition coefficient (Wildman–Crippen LogP) is -0.451. The van der Waals surface area contributed by atoms with Crippen molar-refractivity contribution in [2.24, 2.45) is 5.84 Å². The van der Waals surface area contributed by atoms with Crippen LogP contribution in [0.25, 0.3) is 11.0 Å². The number of hydrazine groups is 1. The van der Waals surface area contributed by atoms with Gasteiger partial charge in [-0.3, -0.25) is 5.43 Å². The van der Waals surface area contributed by atoms with E-state index in [9.17, 15) is 5.21 Å². The molecule has 0 saturated heterocycles. The van der Waals surface area contributed by atoms with E-state index >= 15 is 0 Å². The summed E-state index contributed by atoms with van der Waals surface area (Å²) in [5.41, 5.74) is 3.19. The van der Waals surface area contributed by atoms with Gasteiger partial charge in [0.1, 0.15) is 5.52 Å². The molecule has 0 amide bonds. The Balaban J connectivity index is 2.77. The summed E-state index contributed by atoms with van der Waals surface area (Å²) in [5.74, 6) is 5.19. The number of nitrogens with two attached hydrogens (primary N) is 1. The highest BCUT2D eigenvalue weighted by atomic mass is 16.5. The van der Waals surface area contributed by atoms with Crippen LogP contribution < -0.4 is 16.1 Å². The van der Waals surface area contributed by atoms with Gasteiger partial charge in [-0.25, -0.2) is 10.8 Å². The average Bonchev–Trinajstić information content (AvgIpc) is 2.18. The van der Waals surface area contributed by atoms with Crippen LogP contribution in [0.3, 0.4) is 0 Å². The predicted molar refractivity (Wildman–Crippen MR) is 46.3 cm³/mol. The molecule has 2 rings (SSSR count). The van der Waals surface area contributed by atoms with Crippen LogP contribution in [0.4, 0.5) is 5.95 Å². The normalized spacial score (nSPS) is 10.2. The molecule has 1 aromatic heterocycles. The lowest BCUT2D eigenvalue weighted by atomic mass is 10.3. The van der Waals surface area contributed by atoms with Crippen LogP contribution in [-0.4, -0.2) is 10.1 Å². The number of para-hydroxylation sites is 2. The number of aromatic nitrogens is 3. The SMILES string of the molecule is NNc1nc2ccccc2[n+]([O-])n1. The van der Waals surface area contributed by atoms with Crippen LogP contribution in [0, 0.1) is 5.21 Å². The molecule has 0 bridgehead atoms. The van der Waals surface area contributed by atoms with Crippen molar-refractivity contribution in [1.29, 1.82) is 0 Å². The maximum absolute atomic E-state index is 11.2. The summed E-state index contributed by atoms with van der Waals surface area (Å²) in [6.45, 7) is 0. The molecule has 3 N–H and O–H groups in total. The molecular weight excluding hydrogens is 170 g/mol. The van der Waals surface area contributed by atoms with Crippen LogP contribution in [0.2, 0.25) is 0 Å². The fourth-order valence-electron chi connectivity index (χ4n) is 1.06. The number of nitrogens with zero attached hydrogens (tertiary/aromatic N) is 3. The molecule has 0 fully saturated rings. The molecule has 0 spiro atoms. The van der Waals surface area contributed by atoms with Crippen LogP contribution in [0.5, 0.6) is 0 Å². The first-order valence-corrected chi connectivity index (χ1v) is 3.64. The first-order chi connectivity index (χ1) is 6.31. The molecule has 6 heteroatoms. The monoisotopic (exact) mass is 177 g/mol. The second-order valence-electron chi connectivity index (χ2n) is 2.44. The first kappa shape index (κ1) is 7.69. The van der Waals surface area contributed by atoms with Gasteiger partial charge < -0.3 is 5.21 Å². The van der Waals surface area contributed by atoms with Crippen LogP contribution in [0.1, 0.15) is 0 Å². The number of benzene rings is 1. The standard InChI is InChI=1S/C7H7N5O/c8-10-7-9-5-3-1-2-4-6(5)12(13)11-7/h1-4H,8H2,(H,9,10,11). The smallest absolute Gasteiger partial charge is 0.304 e. The molecule has 0 atom stereocenters. The number of nitrogens with one attached hydrogen (secondary N) is 1. The van der Waals surface area contributed by atoms with Crippen LogP contribution >= 0.6 is 0 Å². The van der Waals surface area contributed by atoms with Crippen LogP contribution in [0.15, 0.2) is 24.3 Å². The van der Waals surface area contributed by atoms with E-state index < -0.39 is 0 Å². The zero-order valence-electron chi connectivity index (χ0n) is 6.64. The fourth-order valence-corrected chi connectivity index (χ4v) is 1.06. The van der Waals surface area contributed by atoms with E-state index in [2.05, 4.69) is 15.5 Å². The van der Waals surface area contributed by atoms with Crippen molar-refractivity contribution in [2.45, 2.75) is 0 Å². The number of fused-ring (bicyclic) bond motifs is 1. The van der Waals surface area contributed by atoms with Crippen LogP contribution in [-0.2, 0) is 0 Å². The van der Waals surface area contributed by atoms with E-state index in [1.54, 1.807) is 24.3 Å². The van der Waals surface area contributed by atoms with Gasteiger partial charge in [-0.05, 0) is 10.9 Å². The molecule has 0 radical (unpaired) electrons. The molecule has 0 unspecified atom stereocenters. The van der Waals surface area contributed by atoms with Crippen molar-refractivity contribution in [2.75, 3.05) is 5.43 Å². The molecule has 66 valence electrons. The van der Waals surface area contributed by atoms with E-state index in [4.69, 9.17) is 5.84 Å². The van der Waals surface area contributed by atoms with E-state index in [-0.39, 0.29) is 5.95 Å². The number of anilines is 1. The minimum Gasteiger partial charge on any atom is -0.594 e. The lowest BCUT2D eigenvalue weighted by Gasteiger charge is -2.00. The minimum absolute atomic E-state index is 0.105. The quantitative estimate of drug-likeness (QED) is 0.266. The molecule has 0 aliphatic rings. The third-order valence-electron chi connectivity index (χ3n) is 1.63. The zero-order valence-corrected chi connectivity index (χ0v) is 6.64. The molecule has 13 heavy (non-hydrogen) atoms. The Morgan fingerprint density at radius 1 is 1.38 bits per heavy atom. The van der Waals surface area contributed by atoms with Gasteiger partial charge in [-0.1, -0.05) is 12.1 Å². The summed E-state index contributed by atoms with van der Waals surface area (Å²) in [5, 5.41) is 14.8. The summed E-state index contributed by atoms with van der Waals surface area (Å²) < 4.78 is 0. The van der Waals surface area contributed by atoms with Gasteiger partial charge >= 0.3 is 5.95 Å². The highest BCUT2D eigenvalue weighted by Gasteiger charge is 2.07. The fraction of sp³-hybridized carbons (Fsp3) is 0. The molecule has 1 heterocycles. The van der Waals surface area contributed by atoms with Gasteiger partial charge in [-0.15, -0.1) is 0 Å².